The molecule has 1 aromatic heterocycles. The first kappa shape index (κ1) is 20.0. The molecule has 142 valence electrons. The van der Waals surface area contributed by atoms with E-state index in [9.17, 15) is 9.90 Å². The Kier molecular flexibility index (Phi) is 6.41. The third kappa shape index (κ3) is 4.06. The molecule has 0 bridgehead atoms. The van der Waals surface area contributed by atoms with Crippen LogP contribution < -0.4 is 4.84 Å². The van der Waals surface area contributed by atoms with E-state index in [4.69, 9.17) is 14.3 Å². The van der Waals surface area contributed by atoms with Gasteiger partial charge in [0.1, 0.15) is 17.9 Å². The Labute approximate surface area is 151 Å². The van der Waals surface area contributed by atoms with Crippen LogP contribution in [-0.4, -0.2) is 63.5 Å². The summed E-state index contributed by atoms with van der Waals surface area (Å²) in [4.78, 5) is 22.5. The highest BCUT2D eigenvalue weighted by Gasteiger charge is 2.46. The maximum atomic E-state index is 12.3. The van der Waals surface area contributed by atoms with Crippen LogP contribution in [0.25, 0.3) is 6.08 Å². The van der Waals surface area contributed by atoms with Gasteiger partial charge in [0.2, 0.25) is 5.82 Å². The van der Waals surface area contributed by atoms with Crippen molar-refractivity contribution in [3.8, 4) is 0 Å². The molecule has 9 nitrogen and oxygen atoms in total. The number of hydrogen-bond acceptors (Lipinski definition) is 8. The van der Waals surface area contributed by atoms with Gasteiger partial charge in [0.25, 0.3) is 0 Å². The summed E-state index contributed by atoms with van der Waals surface area (Å²) >= 11 is 0. The van der Waals surface area contributed by atoms with Crippen LogP contribution in [0.1, 0.15) is 32.4 Å². The molecule has 26 heavy (non-hydrogen) atoms. The zero-order valence-electron chi connectivity index (χ0n) is 15.2. The van der Waals surface area contributed by atoms with Gasteiger partial charge in [0.15, 0.2) is 0 Å². The van der Waals surface area contributed by atoms with E-state index < -0.39 is 29.9 Å². The quantitative estimate of drug-likeness (QED) is 0.438. The van der Waals surface area contributed by atoms with Crippen LogP contribution >= 0.6 is 0 Å². The molecule has 0 saturated carbocycles. The molecule has 1 aliphatic rings. The van der Waals surface area contributed by atoms with Crippen LogP contribution in [0.15, 0.2) is 24.2 Å². The lowest BCUT2D eigenvalue weighted by atomic mass is 9.84. The van der Waals surface area contributed by atoms with Crippen LogP contribution in [0.3, 0.4) is 0 Å². The third-order valence-corrected chi connectivity index (χ3v) is 4.29. The van der Waals surface area contributed by atoms with E-state index in [0.717, 1.165) is 4.85 Å². The molecule has 0 spiro atoms. The summed E-state index contributed by atoms with van der Waals surface area (Å²) in [6.45, 7) is 10.7. The number of nitrogens with zero attached hydrogens (tertiary/aromatic N) is 4. The monoisotopic (exact) mass is 364 g/mol. The second-order valence-electron chi connectivity index (χ2n) is 6.05. The van der Waals surface area contributed by atoms with Crippen LogP contribution in [0, 0.1) is 0 Å². The Morgan fingerprint density at radius 2 is 2.31 bits per heavy atom. The molecule has 2 rings (SSSR count). The third-order valence-electron chi connectivity index (χ3n) is 4.29. The Hall–Kier alpha value is -2.36. The lowest BCUT2D eigenvalue weighted by molar-refractivity contribution is -0.209. The van der Waals surface area contributed by atoms with Gasteiger partial charge in [0.05, 0.1) is 18.1 Å². The van der Waals surface area contributed by atoms with E-state index in [2.05, 4.69) is 28.5 Å². The number of hydrogen-bond donors (Lipinski definition) is 1. The lowest BCUT2D eigenvalue weighted by Crippen LogP contribution is -2.56. The number of rotatable bonds is 7. The van der Waals surface area contributed by atoms with E-state index in [1.54, 1.807) is 13.8 Å². The summed E-state index contributed by atoms with van der Waals surface area (Å²) < 4.78 is 11.2. The average Bonchev–Trinajstić information content (AvgIpc) is 2.99. The fraction of sp³-hybridized carbons (Fsp3) is 0.529. The van der Waals surface area contributed by atoms with Crippen molar-refractivity contribution in [1.29, 1.82) is 0 Å². The first-order chi connectivity index (χ1) is 12.4. The second kappa shape index (κ2) is 8.35. The lowest BCUT2D eigenvalue weighted by Gasteiger charge is -2.44. The molecule has 1 aliphatic heterocycles. The first-order valence-corrected chi connectivity index (χ1v) is 8.17. The van der Waals surface area contributed by atoms with E-state index in [1.165, 1.54) is 25.5 Å². The molecule has 1 N–H and O–H groups in total. The maximum Gasteiger partial charge on any atom is 0.337 e. The molecule has 9 heteroatoms. The largest absolute Gasteiger partial charge is 0.387 e. The Bertz CT molecular complexity index is 701. The van der Waals surface area contributed by atoms with Crippen LogP contribution in [0.2, 0.25) is 0 Å². The molecule has 0 aliphatic carbocycles. The van der Waals surface area contributed by atoms with Gasteiger partial charge >= 0.3 is 5.97 Å². The summed E-state index contributed by atoms with van der Waals surface area (Å²) in [5.41, 5.74) is -0.463. The fourth-order valence-electron chi connectivity index (χ4n) is 2.80. The summed E-state index contributed by atoms with van der Waals surface area (Å²) in [7, 11) is 1.51. The molecule has 2 unspecified atom stereocenters. The number of aliphatic hydroxyl groups excluding tert-OH is 1. The Morgan fingerprint density at radius 1 is 1.58 bits per heavy atom. The number of aromatic nitrogens is 3. The molecule has 2 heterocycles. The van der Waals surface area contributed by atoms with E-state index in [-0.39, 0.29) is 12.2 Å². The summed E-state index contributed by atoms with van der Waals surface area (Å²) in [5, 5.41) is 17.9. The first-order valence-electron chi connectivity index (χ1n) is 8.17. The van der Waals surface area contributed by atoms with E-state index in [1.807, 2.05) is 0 Å². The highest BCUT2D eigenvalue weighted by atomic mass is 16.7. The molecule has 1 fully saturated rings. The van der Waals surface area contributed by atoms with Crippen molar-refractivity contribution < 1.29 is 24.2 Å². The minimum atomic E-state index is -0.881. The standard InChI is InChI=1S/C17H24N4O5/c1-6-12-16(18-8-3)21(20-19-12)26-14(22)9-11-10-17(4,24-5)15(23)13(7-2)25-11/h6-8,11,13,15,23H,1-2,9-10H2,3-5H3/b18-8-/t11-,13?,15-,17?/m1/s1. The summed E-state index contributed by atoms with van der Waals surface area (Å²) in [6.07, 6.45) is 2.69. The van der Waals surface area contributed by atoms with Crippen molar-refractivity contribution in [2.45, 2.75) is 50.6 Å². The maximum absolute atomic E-state index is 12.3. The number of aliphatic hydroxyl groups is 1. The van der Waals surface area contributed by atoms with Gasteiger partial charge in [-0.2, -0.15) is 0 Å². The van der Waals surface area contributed by atoms with E-state index >= 15 is 0 Å². The van der Waals surface area contributed by atoms with Crippen molar-refractivity contribution in [1.82, 2.24) is 15.2 Å². The van der Waals surface area contributed by atoms with E-state index in [0.29, 0.717) is 12.1 Å². The molecule has 1 aromatic rings. The number of aliphatic imine (C=N–C) groups is 1. The number of carbonyl (C=O) groups excluding carboxylic acids is 1. The van der Waals surface area contributed by atoms with Crippen molar-refractivity contribution in [2.24, 2.45) is 4.99 Å². The average molecular weight is 364 g/mol. The van der Waals surface area contributed by atoms with Crippen molar-refractivity contribution in [2.75, 3.05) is 7.11 Å². The van der Waals surface area contributed by atoms with Gasteiger partial charge in [-0.3, -0.25) is 0 Å². The number of ether oxygens (including phenoxy) is 2. The predicted octanol–water partition coefficient (Wildman–Crippen LogP) is 1.10. The molecule has 0 radical (unpaired) electrons. The topological polar surface area (TPSA) is 108 Å². The zero-order valence-corrected chi connectivity index (χ0v) is 15.2. The van der Waals surface area contributed by atoms with Crippen molar-refractivity contribution in [3.05, 3.63) is 24.9 Å². The molecular weight excluding hydrogens is 340 g/mol. The molecule has 4 atom stereocenters. The zero-order chi connectivity index (χ0) is 19.3. The summed E-state index contributed by atoms with van der Waals surface area (Å²) in [6, 6.07) is 0. The Morgan fingerprint density at radius 3 is 2.88 bits per heavy atom. The van der Waals surface area contributed by atoms with Gasteiger partial charge in [-0.1, -0.05) is 12.7 Å². The second-order valence-corrected chi connectivity index (χ2v) is 6.05. The van der Waals surface area contributed by atoms with Crippen molar-refractivity contribution >= 4 is 24.1 Å². The SMILES string of the molecule is C=Cc1nnn(OC(=O)C[C@@H]2CC(C)(OC)[C@H](O)C(C=C)O2)c1/N=C\C. The van der Waals surface area contributed by atoms with Gasteiger partial charge in [-0.25, -0.2) is 9.79 Å². The minimum Gasteiger partial charge on any atom is -0.387 e. The minimum absolute atomic E-state index is 0.0609. The van der Waals surface area contributed by atoms with Gasteiger partial charge in [-0.05, 0) is 30.0 Å². The smallest absolute Gasteiger partial charge is 0.337 e. The van der Waals surface area contributed by atoms with Crippen LogP contribution in [0.4, 0.5) is 5.82 Å². The van der Waals surface area contributed by atoms with Crippen LogP contribution in [0.5, 0.6) is 0 Å². The highest BCUT2D eigenvalue weighted by Crippen LogP contribution is 2.33. The molecule has 0 aromatic carbocycles. The van der Waals surface area contributed by atoms with Crippen LogP contribution in [-0.2, 0) is 14.3 Å². The Balaban J connectivity index is 2.09. The van der Waals surface area contributed by atoms with Gasteiger partial charge < -0.3 is 19.4 Å². The van der Waals surface area contributed by atoms with Crippen molar-refractivity contribution in [3.63, 3.8) is 0 Å². The summed E-state index contributed by atoms with van der Waals surface area (Å²) in [5.74, 6) is -0.317. The van der Waals surface area contributed by atoms with Gasteiger partial charge in [-0.15, -0.1) is 11.7 Å². The molecule has 0 amide bonds. The molecular formula is C17H24N4O5. The molecule has 1 saturated heterocycles. The fourth-order valence-corrected chi connectivity index (χ4v) is 2.80. The van der Waals surface area contributed by atoms with Gasteiger partial charge in [0, 0.05) is 19.7 Å². The number of methoxy groups -OCH3 is 1. The predicted molar refractivity (Wildman–Crippen MR) is 95.0 cm³/mol. The normalized spacial score (nSPS) is 28.8. The highest BCUT2D eigenvalue weighted by molar-refractivity contribution is 5.71. The number of carbonyl (C=O) groups is 1.